The number of nitrogens with one attached hydrogen (secondary N) is 1. The van der Waals surface area contributed by atoms with Gasteiger partial charge in [-0.05, 0) is 92.4 Å². The van der Waals surface area contributed by atoms with Crippen LogP contribution in [-0.4, -0.2) is 36.4 Å². The summed E-state index contributed by atoms with van der Waals surface area (Å²) in [7, 11) is 1.72. The van der Waals surface area contributed by atoms with E-state index in [0.29, 0.717) is 29.9 Å². The van der Waals surface area contributed by atoms with Gasteiger partial charge in [-0.25, -0.2) is 4.79 Å². The third-order valence-electron chi connectivity index (χ3n) is 10.3. The van der Waals surface area contributed by atoms with Gasteiger partial charge < -0.3 is 14.7 Å². The Morgan fingerprint density at radius 3 is 2.66 bits per heavy atom. The maximum atomic E-state index is 12.2. The molecule has 5 rings (SSSR count). The maximum Gasteiger partial charge on any atom is 0.331 e. The predicted molar refractivity (Wildman–Crippen MR) is 110 cm³/mol. The van der Waals surface area contributed by atoms with Crippen molar-refractivity contribution in [2.45, 2.75) is 83.3 Å². The molecular weight excluding hydrogens is 366 g/mol. The Bertz CT molecular complexity index is 722. The number of carbonyl (C=O) groups is 1. The second kappa shape index (κ2) is 6.80. The van der Waals surface area contributed by atoms with Crippen molar-refractivity contribution in [2.75, 3.05) is 13.7 Å². The first kappa shape index (κ1) is 20.0. The number of rotatable bonds is 3. The monoisotopic (exact) mass is 403 g/mol. The van der Waals surface area contributed by atoms with Crippen LogP contribution in [0, 0.1) is 34.5 Å². The lowest BCUT2D eigenvalue weighted by molar-refractivity contribution is -0.206. The molecule has 4 aliphatic carbocycles. The predicted octanol–water partition coefficient (Wildman–Crippen LogP) is 3.76. The fraction of sp³-hybridized carbons (Fsp3) is 0.875. The van der Waals surface area contributed by atoms with Gasteiger partial charge >= 0.3 is 5.97 Å². The first-order valence-corrected chi connectivity index (χ1v) is 11.7. The highest BCUT2D eigenvalue weighted by Crippen LogP contribution is 2.69. The molecule has 4 saturated carbocycles. The molecule has 162 valence electrons. The number of fused-ring (bicyclic) bond motifs is 5. The Morgan fingerprint density at radius 1 is 1.10 bits per heavy atom. The summed E-state index contributed by atoms with van der Waals surface area (Å²) >= 11 is 0. The molecule has 5 aliphatic rings. The summed E-state index contributed by atoms with van der Waals surface area (Å²) in [6, 6.07) is 0.467. The van der Waals surface area contributed by atoms with Crippen LogP contribution in [0.15, 0.2) is 11.6 Å². The number of cyclic esters (lactones) is 1. The normalized spacial score (nSPS) is 51.7. The summed E-state index contributed by atoms with van der Waals surface area (Å²) in [6.07, 6.45) is 11.8. The van der Waals surface area contributed by atoms with E-state index in [0.717, 1.165) is 43.6 Å². The fourth-order valence-electron chi connectivity index (χ4n) is 8.68. The third-order valence-corrected chi connectivity index (χ3v) is 10.3. The molecule has 0 spiro atoms. The standard InChI is InChI=1S/C24H37NO4/c1-22-9-6-17(25-28-3)13-16(22)4-5-20-19(22)7-10-23(2)18(8-11-24(20,23)27)15-12-21(26)29-14-15/h12,16-20,25,27H,4-11,13-14H2,1-3H3/t16-,17?,18-,19?,20?,22+,23-,24+/m1/s1. The second-order valence-corrected chi connectivity index (χ2v) is 11.1. The molecule has 0 aromatic carbocycles. The molecule has 3 unspecified atom stereocenters. The van der Waals surface area contributed by atoms with Gasteiger partial charge in [0.15, 0.2) is 0 Å². The minimum Gasteiger partial charge on any atom is -0.458 e. The summed E-state index contributed by atoms with van der Waals surface area (Å²) in [5.74, 6) is 1.79. The van der Waals surface area contributed by atoms with Crippen LogP contribution in [0.4, 0.5) is 0 Å². The van der Waals surface area contributed by atoms with Crippen LogP contribution in [0.3, 0.4) is 0 Å². The van der Waals surface area contributed by atoms with Crippen molar-refractivity contribution in [2.24, 2.45) is 34.5 Å². The van der Waals surface area contributed by atoms with Crippen molar-refractivity contribution in [1.82, 2.24) is 5.48 Å². The molecule has 4 fully saturated rings. The molecule has 0 bridgehead atoms. The molecule has 1 heterocycles. The summed E-state index contributed by atoms with van der Waals surface area (Å²) in [6.45, 7) is 5.25. The van der Waals surface area contributed by atoms with Gasteiger partial charge in [-0.15, -0.1) is 0 Å². The largest absolute Gasteiger partial charge is 0.458 e. The molecule has 0 saturated heterocycles. The molecule has 0 radical (unpaired) electrons. The lowest BCUT2D eigenvalue weighted by Crippen LogP contribution is -2.62. The van der Waals surface area contributed by atoms with Gasteiger partial charge in [-0.1, -0.05) is 13.8 Å². The zero-order valence-electron chi connectivity index (χ0n) is 18.2. The van der Waals surface area contributed by atoms with Gasteiger partial charge in [0.2, 0.25) is 0 Å². The van der Waals surface area contributed by atoms with E-state index >= 15 is 0 Å². The van der Waals surface area contributed by atoms with Crippen LogP contribution in [-0.2, 0) is 14.4 Å². The zero-order chi connectivity index (χ0) is 20.4. The van der Waals surface area contributed by atoms with Crippen LogP contribution in [0.5, 0.6) is 0 Å². The maximum absolute atomic E-state index is 12.2. The van der Waals surface area contributed by atoms with Crippen molar-refractivity contribution in [3.8, 4) is 0 Å². The number of hydroxylamine groups is 1. The third kappa shape index (κ3) is 2.73. The average Bonchev–Trinajstić information content (AvgIpc) is 3.23. The highest BCUT2D eigenvalue weighted by molar-refractivity contribution is 5.85. The number of hydrogen-bond donors (Lipinski definition) is 2. The van der Waals surface area contributed by atoms with E-state index in [2.05, 4.69) is 19.3 Å². The fourth-order valence-corrected chi connectivity index (χ4v) is 8.68. The van der Waals surface area contributed by atoms with E-state index in [1.54, 1.807) is 13.2 Å². The molecule has 8 atom stereocenters. The molecule has 0 amide bonds. The number of ether oxygens (including phenoxy) is 1. The minimum atomic E-state index is -0.608. The molecule has 0 aromatic heterocycles. The van der Waals surface area contributed by atoms with Crippen LogP contribution in [0.25, 0.3) is 0 Å². The van der Waals surface area contributed by atoms with Crippen molar-refractivity contribution >= 4 is 5.97 Å². The lowest BCUT2D eigenvalue weighted by Gasteiger charge is -2.63. The van der Waals surface area contributed by atoms with Crippen molar-refractivity contribution in [3.63, 3.8) is 0 Å². The summed E-state index contributed by atoms with van der Waals surface area (Å²) in [4.78, 5) is 16.9. The minimum absolute atomic E-state index is 0.133. The first-order valence-electron chi connectivity index (χ1n) is 11.7. The van der Waals surface area contributed by atoms with E-state index < -0.39 is 5.60 Å². The van der Waals surface area contributed by atoms with E-state index in [9.17, 15) is 9.90 Å². The second-order valence-electron chi connectivity index (χ2n) is 11.1. The number of aliphatic hydroxyl groups is 1. The number of hydrogen-bond acceptors (Lipinski definition) is 5. The quantitative estimate of drug-likeness (QED) is 0.555. The molecule has 2 N–H and O–H groups in total. The molecule has 5 nitrogen and oxygen atoms in total. The summed E-state index contributed by atoms with van der Waals surface area (Å²) in [5, 5.41) is 12.2. The van der Waals surface area contributed by atoms with Crippen LogP contribution in [0.1, 0.15) is 71.6 Å². The Morgan fingerprint density at radius 2 is 1.93 bits per heavy atom. The van der Waals surface area contributed by atoms with E-state index in [4.69, 9.17) is 9.57 Å². The van der Waals surface area contributed by atoms with E-state index in [-0.39, 0.29) is 17.3 Å². The van der Waals surface area contributed by atoms with E-state index in [1.807, 2.05) is 0 Å². The summed E-state index contributed by atoms with van der Waals surface area (Å²) in [5.41, 5.74) is 3.91. The SMILES string of the molecule is CONC1CC[C@]2(C)C3CC[C@]4(C)[C@@H](C5=CC(=O)OC5)CC[C@]4(O)C3CC[C@@H]2C1. The van der Waals surface area contributed by atoms with Crippen molar-refractivity contribution < 1.29 is 19.5 Å². The topological polar surface area (TPSA) is 67.8 Å². The average molecular weight is 404 g/mol. The van der Waals surface area contributed by atoms with Gasteiger partial charge in [0.1, 0.15) is 6.61 Å². The van der Waals surface area contributed by atoms with Crippen LogP contribution < -0.4 is 5.48 Å². The summed E-state index contributed by atoms with van der Waals surface area (Å²) < 4.78 is 5.23. The highest BCUT2D eigenvalue weighted by atomic mass is 16.6. The Kier molecular flexibility index (Phi) is 4.69. The molecule has 29 heavy (non-hydrogen) atoms. The number of esters is 1. The molecule has 5 heteroatoms. The van der Waals surface area contributed by atoms with Crippen LogP contribution in [0.2, 0.25) is 0 Å². The Balaban J connectivity index is 1.41. The zero-order valence-corrected chi connectivity index (χ0v) is 18.2. The lowest BCUT2D eigenvalue weighted by atomic mass is 9.43. The van der Waals surface area contributed by atoms with Gasteiger partial charge in [-0.3, -0.25) is 0 Å². The Hall–Kier alpha value is -0.910. The van der Waals surface area contributed by atoms with Crippen LogP contribution >= 0.6 is 0 Å². The van der Waals surface area contributed by atoms with E-state index in [1.165, 1.54) is 25.7 Å². The van der Waals surface area contributed by atoms with Crippen molar-refractivity contribution in [1.29, 1.82) is 0 Å². The first-order chi connectivity index (χ1) is 13.8. The van der Waals surface area contributed by atoms with Crippen molar-refractivity contribution in [3.05, 3.63) is 11.6 Å². The molecule has 0 aromatic rings. The molecule has 1 aliphatic heterocycles. The smallest absolute Gasteiger partial charge is 0.331 e. The van der Waals surface area contributed by atoms with Gasteiger partial charge in [0, 0.05) is 17.5 Å². The number of carbonyl (C=O) groups excluding carboxylic acids is 1. The highest BCUT2D eigenvalue weighted by Gasteiger charge is 2.67. The van der Waals surface area contributed by atoms with Gasteiger partial charge in [-0.2, -0.15) is 5.48 Å². The van der Waals surface area contributed by atoms with Gasteiger partial charge in [0.25, 0.3) is 0 Å². The van der Waals surface area contributed by atoms with Gasteiger partial charge in [0.05, 0.1) is 12.7 Å². The Labute approximate surface area is 174 Å². The molecular formula is C24H37NO4.